The highest BCUT2D eigenvalue weighted by Gasteiger charge is 2.20. The van der Waals surface area contributed by atoms with E-state index in [0.29, 0.717) is 19.8 Å². The van der Waals surface area contributed by atoms with Crippen LogP contribution in [-0.4, -0.2) is 35.9 Å². The monoisotopic (exact) mass is 291 g/mol. The molecule has 1 atom stereocenters. The summed E-state index contributed by atoms with van der Waals surface area (Å²) in [6.07, 6.45) is -0.0965. The standard InChI is InChI=1S/C14H13NO4S/c16-14(17)10-3-1-9(2-4-10)11-8-20-13(15-11)12-7-18-5-6-19-12/h1-4,8,12H,5-7H2,(H,16,17). The van der Waals surface area contributed by atoms with Crippen molar-refractivity contribution in [2.24, 2.45) is 0 Å². The van der Waals surface area contributed by atoms with E-state index in [1.165, 1.54) is 11.3 Å². The second-order valence-electron chi connectivity index (χ2n) is 4.39. The summed E-state index contributed by atoms with van der Waals surface area (Å²) < 4.78 is 11.0. The first-order valence-electron chi connectivity index (χ1n) is 6.22. The van der Waals surface area contributed by atoms with Gasteiger partial charge in [-0.15, -0.1) is 11.3 Å². The number of aromatic nitrogens is 1. The summed E-state index contributed by atoms with van der Waals surface area (Å²) in [5.74, 6) is -0.928. The van der Waals surface area contributed by atoms with Crippen LogP contribution in [0.3, 0.4) is 0 Å². The minimum atomic E-state index is -0.928. The summed E-state index contributed by atoms with van der Waals surface area (Å²) in [6.45, 7) is 1.75. The van der Waals surface area contributed by atoms with Crippen LogP contribution in [0, 0.1) is 0 Å². The van der Waals surface area contributed by atoms with Crippen molar-refractivity contribution in [3.63, 3.8) is 0 Å². The Balaban J connectivity index is 1.80. The third-order valence-electron chi connectivity index (χ3n) is 3.04. The number of rotatable bonds is 3. The molecule has 6 heteroatoms. The van der Waals surface area contributed by atoms with Gasteiger partial charge in [0.1, 0.15) is 11.1 Å². The number of benzene rings is 1. The summed E-state index contributed by atoms with van der Waals surface area (Å²) in [6, 6.07) is 6.69. The number of carboxylic acid groups (broad SMARTS) is 1. The largest absolute Gasteiger partial charge is 0.478 e. The van der Waals surface area contributed by atoms with Crippen LogP contribution in [0.4, 0.5) is 0 Å². The Morgan fingerprint density at radius 3 is 2.75 bits per heavy atom. The van der Waals surface area contributed by atoms with Gasteiger partial charge >= 0.3 is 5.97 Å². The van der Waals surface area contributed by atoms with Gasteiger partial charge in [0.2, 0.25) is 0 Å². The van der Waals surface area contributed by atoms with Gasteiger partial charge in [0.15, 0.2) is 0 Å². The lowest BCUT2D eigenvalue weighted by Gasteiger charge is -2.20. The maximum absolute atomic E-state index is 10.8. The van der Waals surface area contributed by atoms with Crippen molar-refractivity contribution in [3.05, 3.63) is 40.2 Å². The number of carboxylic acids is 1. The van der Waals surface area contributed by atoms with Crippen LogP contribution in [-0.2, 0) is 9.47 Å². The first-order chi connectivity index (χ1) is 9.74. The van der Waals surface area contributed by atoms with Gasteiger partial charge in [0.25, 0.3) is 0 Å². The van der Waals surface area contributed by atoms with E-state index in [0.717, 1.165) is 16.3 Å². The third-order valence-corrected chi connectivity index (χ3v) is 3.98. The van der Waals surface area contributed by atoms with E-state index < -0.39 is 5.97 Å². The first kappa shape index (κ1) is 13.2. The summed E-state index contributed by atoms with van der Waals surface area (Å²) in [4.78, 5) is 15.4. The molecule has 5 nitrogen and oxygen atoms in total. The molecule has 0 radical (unpaired) electrons. The minimum absolute atomic E-state index is 0.0965. The highest BCUT2D eigenvalue weighted by atomic mass is 32.1. The van der Waals surface area contributed by atoms with Crippen LogP contribution >= 0.6 is 11.3 Å². The fraction of sp³-hybridized carbons (Fsp3) is 0.286. The molecule has 1 aromatic heterocycles. The van der Waals surface area contributed by atoms with Gasteiger partial charge in [-0.1, -0.05) is 12.1 Å². The average molecular weight is 291 g/mol. The predicted octanol–water partition coefficient (Wildman–Crippen LogP) is 2.60. The van der Waals surface area contributed by atoms with Gasteiger partial charge in [-0.3, -0.25) is 0 Å². The molecule has 2 heterocycles. The van der Waals surface area contributed by atoms with Gasteiger partial charge in [0, 0.05) is 10.9 Å². The maximum Gasteiger partial charge on any atom is 0.335 e. The Bertz CT molecular complexity index is 602. The second kappa shape index (κ2) is 5.70. The normalized spacial score (nSPS) is 18.9. The number of carbonyl (C=O) groups is 1. The summed E-state index contributed by atoms with van der Waals surface area (Å²) in [5, 5.41) is 11.7. The molecule has 1 aliphatic heterocycles. The van der Waals surface area contributed by atoms with Crippen molar-refractivity contribution in [2.75, 3.05) is 19.8 Å². The third kappa shape index (κ3) is 2.72. The quantitative estimate of drug-likeness (QED) is 0.941. The number of hydrogen-bond acceptors (Lipinski definition) is 5. The molecule has 20 heavy (non-hydrogen) atoms. The number of nitrogens with zero attached hydrogens (tertiary/aromatic N) is 1. The molecule has 1 saturated heterocycles. The zero-order chi connectivity index (χ0) is 13.9. The van der Waals surface area contributed by atoms with Crippen LogP contribution < -0.4 is 0 Å². The lowest BCUT2D eigenvalue weighted by atomic mass is 10.1. The van der Waals surface area contributed by atoms with Crippen molar-refractivity contribution in [3.8, 4) is 11.3 Å². The van der Waals surface area contributed by atoms with Gasteiger partial charge in [-0.25, -0.2) is 9.78 Å². The van der Waals surface area contributed by atoms with Crippen molar-refractivity contribution in [1.29, 1.82) is 0 Å². The molecular formula is C14H13NO4S. The first-order valence-corrected chi connectivity index (χ1v) is 7.10. The molecule has 104 valence electrons. The number of ether oxygens (including phenoxy) is 2. The van der Waals surface area contributed by atoms with E-state index in [4.69, 9.17) is 14.6 Å². The topological polar surface area (TPSA) is 68.7 Å². The predicted molar refractivity (Wildman–Crippen MR) is 74.0 cm³/mol. The highest BCUT2D eigenvalue weighted by molar-refractivity contribution is 7.10. The van der Waals surface area contributed by atoms with Crippen LogP contribution in [0.1, 0.15) is 21.5 Å². The molecule has 1 aromatic carbocycles. The lowest BCUT2D eigenvalue weighted by Crippen LogP contribution is -2.21. The molecule has 1 N–H and O–H groups in total. The zero-order valence-corrected chi connectivity index (χ0v) is 11.4. The number of hydrogen-bond donors (Lipinski definition) is 1. The van der Waals surface area contributed by atoms with Crippen molar-refractivity contribution >= 4 is 17.3 Å². The molecule has 1 fully saturated rings. The molecule has 2 aromatic rings. The Morgan fingerprint density at radius 2 is 2.10 bits per heavy atom. The minimum Gasteiger partial charge on any atom is -0.478 e. The fourth-order valence-corrected chi connectivity index (χ4v) is 2.84. The lowest BCUT2D eigenvalue weighted by molar-refractivity contribution is -0.0901. The van der Waals surface area contributed by atoms with E-state index in [9.17, 15) is 4.79 Å². The van der Waals surface area contributed by atoms with Crippen LogP contribution in [0.25, 0.3) is 11.3 Å². The van der Waals surface area contributed by atoms with Crippen LogP contribution in [0.5, 0.6) is 0 Å². The Kier molecular flexibility index (Phi) is 3.77. The molecule has 0 spiro atoms. The van der Waals surface area contributed by atoms with Crippen molar-refractivity contribution in [1.82, 2.24) is 4.98 Å². The molecule has 3 rings (SSSR count). The van der Waals surface area contributed by atoms with E-state index >= 15 is 0 Å². The Hall–Kier alpha value is -1.76. The molecule has 0 aliphatic carbocycles. The van der Waals surface area contributed by atoms with Gasteiger partial charge < -0.3 is 14.6 Å². The smallest absolute Gasteiger partial charge is 0.335 e. The van der Waals surface area contributed by atoms with Gasteiger partial charge in [0.05, 0.1) is 31.1 Å². The van der Waals surface area contributed by atoms with E-state index in [1.54, 1.807) is 24.3 Å². The fourth-order valence-electron chi connectivity index (χ4n) is 1.98. The molecule has 1 aliphatic rings. The van der Waals surface area contributed by atoms with Gasteiger partial charge in [-0.05, 0) is 12.1 Å². The van der Waals surface area contributed by atoms with E-state index in [-0.39, 0.29) is 11.7 Å². The van der Waals surface area contributed by atoms with E-state index in [1.807, 2.05) is 5.38 Å². The summed E-state index contributed by atoms with van der Waals surface area (Å²) in [5.41, 5.74) is 2.00. The van der Waals surface area contributed by atoms with Crippen molar-refractivity contribution < 1.29 is 19.4 Å². The number of thiazole rings is 1. The molecule has 0 saturated carbocycles. The Morgan fingerprint density at radius 1 is 1.30 bits per heavy atom. The zero-order valence-electron chi connectivity index (χ0n) is 10.6. The Labute approximate surface area is 119 Å². The summed E-state index contributed by atoms with van der Waals surface area (Å²) in [7, 11) is 0. The van der Waals surface area contributed by atoms with Gasteiger partial charge in [-0.2, -0.15) is 0 Å². The molecule has 1 unspecified atom stereocenters. The van der Waals surface area contributed by atoms with Crippen molar-refractivity contribution in [2.45, 2.75) is 6.10 Å². The average Bonchev–Trinajstić information content (AvgIpc) is 2.98. The van der Waals surface area contributed by atoms with Crippen LogP contribution in [0.2, 0.25) is 0 Å². The SMILES string of the molecule is O=C(O)c1ccc(-c2csc(C3COCCO3)n2)cc1. The number of aromatic carboxylic acids is 1. The highest BCUT2D eigenvalue weighted by Crippen LogP contribution is 2.28. The molecule has 0 amide bonds. The summed E-state index contributed by atoms with van der Waals surface area (Å²) >= 11 is 1.53. The second-order valence-corrected chi connectivity index (χ2v) is 5.28. The molecule has 0 bridgehead atoms. The van der Waals surface area contributed by atoms with Crippen LogP contribution in [0.15, 0.2) is 29.6 Å². The van der Waals surface area contributed by atoms with E-state index in [2.05, 4.69) is 4.98 Å². The molecular weight excluding hydrogens is 278 g/mol. The maximum atomic E-state index is 10.8.